The number of aryl methyl sites for hydroxylation is 1. The minimum Gasteiger partial charge on any atom is -0.339 e. The Labute approximate surface area is 163 Å². The van der Waals surface area contributed by atoms with Crippen molar-refractivity contribution in [3.05, 3.63) is 69.6 Å². The largest absolute Gasteiger partial charge is 0.339 e. The van der Waals surface area contributed by atoms with E-state index in [0.29, 0.717) is 29.8 Å². The van der Waals surface area contributed by atoms with Gasteiger partial charge in [0.2, 0.25) is 11.7 Å². The van der Waals surface area contributed by atoms with Gasteiger partial charge < -0.3 is 9.42 Å². The summed E-state index contributed by atoms with van der Waals surface area (Å²) in [6.45, 7) is 7.10. The molecule has 0 fully saturated rings. The van der Waals surface area contributed by atoms with E-state index >= 15 is 0 Å². The summed E-state index contributed by atoms with van der Waals surface area (Å²) in [6, 6.07) is 11.5. The van der Waals surface area contributed by atoms with Crippen LogP contribution in [-0.2, 0) is 13.1 Å². The quantitative estimate of drug-likeness (QED) is 0.639. The second-order valence-corrected chi connectivity index (χ2v) is 7.66. The highest BCUT2D eigenvalue weighted by atomic mass is 35.5. The smallest absolute Gasteiger partial charge is 0.255 e. The van der Waals surface area contributed by atoms with Gasteiger partial charge in [0.1, 0.15) is 0 Å². The predicted octanol–water partition coefficient (Wildman–Crippen LogP) is 4.98. The normalized spacial score (nSPS) is 13.5. The summed E-state index contributed by atoms with van der Waals surface area (Å²) < 4.78 is 5.32. The fraction of sp³-hybridized carbons (Fsp3) is 0.286. The van der Waals surface area contributed by atoms with Gasteiger partial charge in [0, 0.05) is 35.2 Å². The molecule has 138 valence electrons. The highest BCUT2D eigenvalue weighted by molar-refractivity contribution is 6.30. The van der Waals surface area contributed by atoms with Crippen LogP contribution in [0.15, 0.2) is 40.9 Å². The van der Waals surface area contributed by atoms with Crippen molar-refractivity contribution in [1.29, 1.82) is 0 Å². The lowest BCUT2D eigenvalue weighted by Crippen LogP contribution is -2.23. The Morgan fingerprint density at radius 3 is 2.63 bits per heavy atom. The van der Waals surface area contributed by atoms with Gasteiger partial charge in [-0.15, -0.1) is 0 Å². The van der Waals surface area contributed by atoms with Gasteiger partial charge in [-0.3, -0.25) is 4.79 Å². The predicted molar refractivity (Wildman–Crippen MR) is 104 cm³/mol. The number of fused-ring (bicyclic) bond motifs is 1. The van der Waals surface area contributed by atoms with E-state index in [4.69, 9.17) is 16.1 Å². The van der Waals surface area contributed by atoms with Crippen molar-refractivity contribution < 1.29 is 9.32 Å². The van der Waals surface area contributed by atoms with E-state index in [1.165, 1.54) is 0 Å². The van der Waals surface area contributed by atoms with Crippen LogP contribution < -0.4 is 0 Å². The van der Waals surface area contributed by atoms with Gasteiger partial charge in [0.05, 0.1) is 0 Å². The third kappa shape index (κ3) is 3.35. The first-order chi connectivity index (χ1) is 12.9. The molecule has 1 aliphatic rings. The zero-order valence-electron chi connectivity index (χ0n) is 15.5. The SMILES string of the molecule is Cc1cc(-c2noc(C(C)C)n2)cc2c1C(=O)N(Cc1ccc(Cl)cc1)C2. The van der Waals surface area contributed by atoms with E-state index in [9.17, 15) is 4.79 Å². The number of carbonyl (C=O) groups is 1. The average Bonchev–Trinajstić information content (AvgIpc) is 3.23. The molecule has 5 nitrogen and oxygen atoms in total. The molecule has 0 radical (unpaired) electrons. The Morgan fingerprint density at radius 2 is 1.96 bits per heavy atom. The third-order valence-corrected chi connectivity index (χ3v) is 5.01. The van der Waals surface area contributed by atoms with E-state index in [1.54, 1.807) is 0 Å². The molecule has 0 bridgehead atoms. The van der Waals surface area contributed by atoms with Crippen LogP contribution >= 0.6 is 11.6 Å². The number of rotatable bonds is 4. The molecule has 0 saturated heterocycles. The molecular formula is C21H20ClN3O2. The summed E-state index contributed by atoms with van der Waals surface area (Å²) >= 11 is 5.95. The molecule has 0 spiro atoms. The minimum absolute atomic E-state index is 0.0555. The number of halogens is 1. The summed E-state index contributed by atoms with van der Waals surface area (Å²) in [6.07, 6.45) is 0. The molecule has 1 aromatic heterocycles. The van der Waals surface area contributed by atoms with Crippen LogP contribution in [0.4, 0.5) is 0 Å². The van der Waals surface area contributed by atoms with Crippen molar-refractivity contribution in [2.75, 3.05) is 0 Å². The maximum Gasteiger partial charge on any atom is 0.255 e. The van der Waals surface area contributed by atoms with Crippen LogP contribution in [0, 0.1) is 6.92 Å². The number of nitrogens with zero attached hydrogens (tertiary/aromatic N) is 3. The molecule has 4 rings (SSSR count). The average molecular weight is 382 g/mol. The Balaban J connectivity index is 1.62. The molecule has 1 aliphatic heterocycles. The van der Waals surface area contributed by atoms with E-state index in [1.807, 2.05) is 62.1 Å². The second kappa shape index (κ2) is 6.82. The van der Waals surface area contributed by atoms with E-state index in [2.05, 4.69) is 10.1 Å². The summed E-state index contributed by atoms with van der Waals surface area (Å²) in [7, 11) is 0. The number of carbonyl (C=O) groups excluding carboxylic acids is 1. The number of hydrogen-bond acceptors (Lipinski definition) is 4. The zero-order chi connectivity index (χ0) is 19.1. The lowest BCUT2D eigenvalue weighted by Gasteiger charge is -2.15. The van der Waals surface area contributed by atoms with Crippen LogP contribution in [0.3, 0.4) is 0 Å². The molecule has 0 aliphatic carbocycles. The van der Waals surface area contributed by atoms with Crippen molar-refractivity contribution in [3.63, 3.8) is 0 Å². The Bertz CT molecular complexity index is 1010. The monoisotopic (exact) mass is 381 g/mol. The molecule has 1 amide bonds. The third-order valence-electron chi connectivity index (χ3n) is 4.76. The molecule has 0 unspecified atom stereocenters. The fourth-order valence-electron chi connectivity index (χ4n) is 3.38. The minimum atomic E-state index is 0.0555. The molecule has 0 N–H and O–H groups in total. The van der Waals surface area contributed by atoms with Crippen molar-refractivity contribution in [2.45, 2.75) is 39.8 Å². The van der Waals surface area contributed by atoms with Gasteiger partial charge in [0.15, 0.2) is 0 Å². The molecule has 3 aromatic rings. The van der Waals surface area contributed by atoms with Gasteiger partial charge in [-0.25, -0.2) is 0 Å². The van der Waals surface area contributed by atoms with Gasteiger partial charge in [-0.1, -0.05) is 42.7 Å². The molecule has 0 atom stereocenters. The van der Waals surface area contributed by atoms with Crippen molar-refractivity contribution >= 4 is 17.5 Å². The van der Waals surface area contributed by atoms with Gasteiger partial charge in [-0.2, -0.15) is 4.98 Å². The van der Waals surface area contributed by atoms with Gasteiger partial charge in [0.25, 0.3) is 5.91 Å². The maximum absolute atomic E-state index is 12.9. The summed E-state index contributed by atoms with van der Waals surface area (Å²) in [5.74, 6) is 1.41. The highest BCUT2D eigenvalue weighted by Crippen LogP contribution is 2.32. The maximum atomic E-state index is 12.9. The van der Waals surface area contributed by atoms with E-state index < -0.39 is 0 Å². The number of amides is 1. The molecular weight excluding hydrogens is 362 g/mol. The molecule has 2 heterocycles. The molecule has 2 aromatic carbocycles. The van der Waals surface area contributed by atoms with Crippen molar-refractivity contribution in [3.8, 4) is 11.4 Å². The first-order valence-corrected chi connectivity index (χ1v) is 9.31. The number of hydrogen-bond donors (Lipinski definition) is 0. The standard InChI is InChI=1S/C21H20ClN3O2/c1-12(2)20-23-19(24-27-20)15-8-13(3)18-16(9-15)11-25(21(18)26)10-14-4-6-17(22)7-5-14/h4-9,12H,10-11H2,1-3H3. The lowest BCUT2D eigenvalue weighted by atomic mass is 10.00. The van der Waals surface area contributed by atoms with Crippen LogP contribution in [0.5, 0.6) is 0 Å². The Morgan fingerprint density at radius 1 is 1.22 bits per heavy atom. The van der Waals surface area contributed by atoms with E-state index in [-0.39, 0.29) is 11.8 Å². The van der Waals surface area contributed by atoms with Crippen LogP contribution in [0.1, 0.15) is 52.7 Å². The first kappa shape index (κ1) is 17.7. The van der Waals surface area contributed by atoms with Crippen LogP contribution in [-0.4, -0.2) is 20.9 Å². The van der Waals surface area contributed by atoms with Crippen molar-refractivity contribution in [1.82, 2.24) is 15.0 Å². The lowest BCUT2D eigenvalue weighted by molar-refractivity contribution is 0.0766. The number of benzene rings is 2. The second-order valence-electron chi connectivity index (χ2n) is 7.23. The van der Waals surface area contributed by atoms with Gasteiger partial charge >= 0.3 is 0 Å². The van der Waals surface area contributed by atoms with Crippen molar-refractivity contribution in [2.24, 2.45) is 0 Å². The van der Waals surface area contributed by atoms with E-state index in [0.717, 1.165) is 27.8 Å². The highest BCUT2D eigenvalue weighted by Gasteiger charge is 2.30. The number of aromatic nitrogens is 2. The molecule has 27 heavy (non-hydrogen) atoms. The Kier molecular flexibility index (Phi) is 4.48. The van der Waals surface area contributed by atoms with Gasteiger partial charge in [-0.05, 0) is 47.9 Å². The molecule has 0 saturated carbocycles. The van der Waals surface area contributed by atoms with Crippen LogP contribution in [0.25, 0.3) is 11.4 Å². The summed E-state index contributed by atoms with van der Waals surface area (Å²) in [4.78, 5) is 19.2. The zero-order valence-corrected chi connectivity index (χ0v) is 16.2. The molecule has 6 heteroatoms. The fourth-order valence-corrected chi connectivity index (χ4v) is 3.51. The first-order valence-electron chi connectivity index (χ1n) is 8.93. The summed E-state index contributed by atoms with van der Waals surface area (Å²) in [5, 5.41) is 4.78. The topological polar surface area (TPSA) is 59.2 Å². The Hall–Kier alpha value is -2.66. The summed E-state index contributed by atoms with van der Waals surface area (Å²) in [5.41, 5.74) is 4.64. The van der Waals surface area contributed by atoms with Crippen LogP contribution in [0.2, 0.25) is 5.02 Å².